The number of hydrogen-bond acceptors (Lipinski definition) is 5. The summed E-state index contributed by atoms with van der Waals surface area (Å²) < 4.78 is 18.7. The highest BCUT2D eigenvalue weighted by molar-refractivity contribution is 5.41. The quantitative estimate of drug-likeness (QED) is 0.806. The van der Waals surface area contributed by atoms with E-state index in [-0.39, 0.29) is 0 Å². The van der Waals surface area contributed by atoms with Crippen LogP contribution in [0.5, 0.6) is 5.75 Å². The van der Waals surface area contributed by atoms with Crippen molar-refractivity contribution in [1.82, 2.24) is 14.9 Å². The number of aromatic nitrogens is 2. The number of ether oxygens (including phenoxy) is 1. The third-order valence-corrected chi connectivity index (χ3v) is 4.52. The zero-order valence-corrected chi connectivity index (χ0v) is 14.4. The molecule has 0 spiro atoms. The van der Waals surface area contributed by atoms with Crippen LogP contribution in [0.2, 0.25) is 0 Å². The number of pyridine rings is 2. The van der Waals surface area contributed by atoms with Crippen LogP contribution in [0.15, 0.2) is 24.4 Å². The third-order valence-electron chi connectivity index (χ3n) is 4.52. The van der Waals surface area contributed by atoms with Crippen molar-refractivity contribution in [2.24, 2.45) is 0 Å². The summed E-state index contributed by atoms with van der Waals surface area (Å²) in [6, 6.07) is 4.93. The second-order valence-electron chi connectivity index (χ2n) is 6.13. The van der Waals surface area contributed by atoms with Gasteiger partial charge in [-0.25, -0.2) is 4.98 Å². The fourth-order valence-electron chi connectivity index (χ4n) is 3.15. The van der Waals surface area contributed by atoms with E-state index in [1.165, 1.54) is 6.07 Å². The predicted octanol–water partition coefficient (Wildman–Crippen LogP) is 2.56. The summed E-state index contributed by atoms with van der Waals surface area (Å²) in [5.74, 6) is 1.20. The van der Waals surface area contributed by atoms with E-state index in [0.717, 1.165) is 55.3 Å². The van der Waals surface area contributed by atoms with Crippen LogP contribution in [-0.4, -0.2) is 48.2 Å². The van der Waals surface area contributed by atoms with Crippen molar-refractivity contribution >= 4 is 5.82 Å². The Hall–Kier alpha value is -2.21. The largest absolute Gasteiger partial charge is 0.496 e. The summed E-state index contributed by atoms with van der Waals surface area (Å²) >= 11 is 0. The normalized spacial score (nSPS) is 15.6. The van der Waals surface area contributed by atoms with Gasteiger partial charge >= 0.3 is 0 Å². The van der Waals surface area contributed by atoms with Gasteiger partial charge in [-0.2, -0.15) is 4.39 Å². The molecule has 1 saturated heterocycles. The summed E-state index contributed by atoms with van der Waals surface area (Å²) in [5.41, 5.74) is 3.21. The molecule has 0 unspecified atom stereocenters. The number of halogens is 1. The van der Waals surface area contributed by atoms with Gasteiger partial charge in [-0.1, -0.05) is 6.07 Å². The van der Waals surface area contributed by atoms with Crippen LogP contribution in [0.3, 0.4) is 0 Å². The number of nitrogens with zero attached hydrogens (tertiary/aromatic N) is 4. The summed E-state index contributed by atoms with van der Waals surface area (Å²) in [6.07, 6.45) is 1.87. The third kappa shape index (κ3) is 3.48. The second kappa shape index (κ2) is 7.13. The zero-order chi connectivity index (χ0) is 17.1. The van der Waals surface area contributed by atoms with E-state index in [0.29, 0.717) is 5.82 Å². The standard InChI is InChI=1S/C18H23FN4O/c1-13-11-20-15(14(2)18(13)24-3)12-22-7-9-23(10-8-22)17-6-4-5-16(19)21-17/h4-6,11H,7-10,12H2,1-3H3. The molecule has 0 radical (unpaired) electrons. The molecule has 3 rings (SSSR count). The molecule has 6 heteroatoms. The maximum absolute atomic E-state index is 13.3. The number of anilines is 1. The van der Waals surface area contributed by atoms with E-state index in [9.17, 15) is 4.39 Å². The van der Waals surface area contributed by atoms with Crippen molar-refractivity contribution < 1.29 is 9.13 Å². The Morgan fingerprint density at radius 2 is 1.92 bits per heavy atom. The molecule has 3 heterocycles. The van der Waals surface area contributed by atoms with Crippen molar-refractivity contribution in [2.75, 3.05) is 38.2 Å². The molecule has 0 N–H and O–H groups in total. The van der Waals surface area contributed by atoms with Gasteiger partial charge in [0.15, 0.2) is 0 Å². The molecule has 2 aromatic heterocycles. The van der Waals surface area contributed by atoms with Gasteiger partial charge in [0.2, 0.25) is 5.95 Å². The first-order chi connectivity index (χ1) is 11.6. The van der Waals surface area contributed by atoms with Gasteiger partial charge in [0.25, 0.3) is 0 Å². The second-order valence-corrected chi connectivity index (χ2v) is 6.13. The van der Waals surface area contributed by atoms with Crippen molar-refractivity contribution in [3.63, 3.8) is 0 Å². The van der Waals surface area contributed by atoms with Gasteiger partial charge in [-0.3, -0.25) is 9.88 Å². The molecule has 0 bridgehead atoms. The van der Waals surface area contributed by atoms with Gasteiger partial charge in [0.05, 0.1) is 12.8 Å². The van der Waals surface area contributed by atoms with Crippen molar-refractivity contribution in [3.05, 3.63) is 47.2 Å². The summed E-state index contributed by atoms with van der Waals surface area (Å²) in [7, 11) is 1.70. The lowest BCUT2D eigenvalue weighted by atomic mass is 10.1. The summed E-state index contributed by atoms with van der Waals surface area (Å²) in [4.78, 5) is 13.0. The highest BCUT2D eigenvalue weighted by Gasteiger charge is 2.20. The highest BCUT2D eigenvalue weighted by atomic mass is 19.1. The molecular formula is C18H23FN4O. The summed E-state index contributed by atoms with van der Waals surface area (Å²) in [6.45, 7) is 8.32. The van der Waals surface area contributed by atoms with Crippen molar-refractivity contribution in [2.45, 2.75) is 20.4 Å². The smallest absolute Gasteiger partial charge is 0.214 e. The molecule has 1 fully saturated rings. The van der Waals surface area contributed by atoms with Crippen LogP contribution >= 0.6 is 0 Å². The molecule has 1 aliphatic rings. The van der Waals surface area contributed by atoms with E-state index < -0.39 is 5.95 Å². The number of methoxy groups -OCH3 is 1. The van der Waals surface area contributed by atoms with Gasteiger partial charge in [-0.15, -0.1) is 0 Å². The number of hydrogen-bond donors (Lipinski definition) is 0. The minimum absolute atomic E-state index is 0.429. The van der Waals surface area contributed by atoms with E-state index in [4.69, 9.17) is 4.74 Å². The number of rotatable bonds is 4. The Morgan fingerprint density at radius 3 is 2.58 bits per heavy atom. The van der Waals surface area contributed by atoms with Crippen molar-refractivity contribution in [3.8, 4) is 5.75 Å². The fraction of sp³-hybridized carbons (Fsp3) is 0.444. The molecule has 2 aromatic rings. The van der Waals surface area contributed by atoms with Crippen LogP contribution in [0.25, 0.3) is 0 Å². The molecule has 0 amide bonds. The van der Waals surface area contributed by atoms with Gasteiger partial charge in [-0.05, 0) is 26.0 Å². The summed E-state index contributed by atoms with van der Waals surface area (Å²) in [5, 5.41) is 0. The molecule has 0 aromatic carbocycles. The maximum Gasteiger partial charge on any atom is 0.214 e. The van der Waals surface area contributed by atoms with E-state index in [2.05, 4.69) is 26.7 Å². The minimum Gasteiger partial charge on any atom is -0.496 e. The first kappa shape index (κ1) is 16.6. The molecule has 24 heavy (non-hydrogen) atoms. The topological polar surface area (TPSA) is 41.5 Å². The van der Waals surface area contributed by atoms with Gasteiger partial charge in [0.1, 0.15) is 11.6 Å². The Labute approximate surface area is 142 Å². The van der Waals surface area contributed by atoms with E-state index in [1.807, 2.05) is 19.2 Å². The Morgan fingerprint density at radius 1 is 1.17 bits per heavy atom. The van der Waals surface area contributed by atoms with E-state index in [1.54, 1.807) is 13.2 Å². The monoisotopic (exact) mass is 330 g/mol. The molecule has 0 saturated carbocycles. The lowest BCUT2D eigenvalue weighted by molar-refractivity contribution is 0.245. The highest BCUT2D eigenvalue weighted by Crippen LogP contribution is 2.25. The molecule has 5 nitrogen and oxygen atoms in total. The fourth-order valence-corrected chi connectivity index (χ4v) is 3.15. The Kier molecular flexibility index (Phi) is 4.94. The van der Waals surface area contributed by atoms with Crippen molar-refractivity contribution in [1.29, 1.82) is 0 Å². The van der Waals surface area contributed by atoms with Crippen LogP contribution < -0.4 is 9.64 Å². The Bertz CT molecular complexity index is 714. The first-order valence-electron chi connectivity index (χ1n) is 8.17. The Balaban J connectivity index is 1.64. The minimum atomic E-state index is -0.429. The average Bonchev–Trinajstić information content (AvgIpc) is 2.59. The average molecular weight is 330 g/mol. The van der Waals surface area contributed by atoms with Gasteiger partial charge < -0.3 is 9.64 Å². The zero-order valence-electron chi connectivity index (χ0n) is 14.4. The molecule has 1 aliphatic heterocycles. The molecule has 128 valence electrons. The maximum atomic E-state index is 13.3. The molecular weight excluding hydrogens is 307 g/mol. The molecule has 0 aliphatic carbocycles. The lowest BCUT2D eigenvalue weighted by Gasteiger charge is -2.35. The van der Waals surface area contributed by atoms with Crippen LogP contribution in [0, 0.1) is 19.8 Å². The number of piperazine rings is 1. The SMILES string of the molecule is COc1c(C)cnc(CN2CCN(c3cccc(F)n3)CC2)c1C. The van der Waals surface area contributed by atoms with E-state index >= 15 is 0 Å². The van der Waals surface area contributed by atoms with Gasteiger partial charge in [0, 0.05) is 50.0 Å². The molecule has 0 atom stereocenters. The predicted molar refractivity (Wildman–Crippen MR) is 91.9 cm³/mol. The lowest BCUT2D eigenvalue weighted by Crippen LogP contribution is -2.46. The first-order valence-corrected chi connectivity index (χ1v) is 8.17. The van der Waals surface area contributed by atoms with Crippen LogP contribution in [0.4, 0.5) is 10.2 Å². The van der Waals surface area contributed by atoms with Crippen LogP contribution in [-0.2, 0) is 6.54 Å². The van der Waals surface area contributed by atoms with Crippen LogP contribution in [0.1, 0.15) is 16.8 Å². The number of aryl methyl sites for hydroxylation is 1.